The molecule has 20 heavy (non-hydrogen) atoms. The minimum atomic E-state index is -0.931. The zero-order valence-electron chi connectivity index (χ0n) is 10.4. The van der Waals surface area contributed by atoms with Crippen molar-refractivity contribution in [2.45, 2.75) is 6.54 Å². The second-order valence-corrected chi connectivity index (χ2v) is 4.18. The Balaban J connectivity index is 1.76. The highest BCUT2D eigenvalue weighted by molar-refractivity contribution is 5.87. The normalized spacial score (nSPS) is 10.6. The maximum atomic E-state index is 10.8. The Morgan fingerprint density at radius 3 is 2.75 bits per heavy atom. The van der Waals surface area contributed by atoms with Crippen molar-refractivity contribution in [1.29, 1.82) is 0 Å². The van der Waals surface area contributed by atoms with Crippen LogP contribution in [0, 0.1) is 0 Å². The third kappa shape index (κ3) is 2.28. The molecule has 0 unspecified atom stereocenters. The lowest BCUT2D eigenvalue weighted by Crippen LogP contribution is -2.03. The molecule has 2 heterocycles. The van der Waals surface area contributed by atoms with E-state index in [0.717, 1.165) is 11.1 Å². The first kappa shape index (κ1) is 12.1. The SMILES string of the molecule is O=C(O)c1ccc(CNc2ncnc3nc[nH]c23)cc1. The van der Waals surface area contributed by atoms with E-state index in [1.165, 1.54) is 6.33 Å². The summed E-state index contributed by atoms with van der Waals surface area (Å²) in [5.41, 5.74) is 2.58. The zero-order chi connectivity index (χ0) is 13.9. The topological polar surface area (TPSA) is 104 Å². The standard InChI is InChI=1S/C13H11N5O2/c19-13(20)9-3-1-8(2-4-9)5-14-11-10-12(16-6-15-10)18-7-17-11/h1-4,6-7H,5H2,(H,19,20)(H2,14,15,16,17,18). The number of anilines is 1. The molecule has 3 aromatic rings. The average Bonchev–Trinajstić information content (AvgIpc) is 2.94. The number of H-pyrrole nitrogens is 1. The molecule has 100 valence electrons. The van der Waals surface area contributed by atoms with Gasteiger partial charge in [0.15, 0.2) is 11.5 Å². The third-order valence-corrected chi connectivity index (χ3v) is 2.88. The van der Waals surface area contributed by atoms with E-state index in [4.69, 9.17) is 5.11 Å². The van der Waals surface area contributed by atoms with Gasteiger partial charge in [0.1, 0.15) is 11.8 Å². The van der Waals surface area contributed by atoms with Crippen LogP contribution in [0.3, 0.4) is 0 Å². The van der Waals surface area contributed by atoms with Crippen molar-refractivity contribution in [3.8, 4) is 0 Å². The van der Waals surface area contributed by atoms with Crippen LogP contribution in [0.4, 0.5) is 5.82 Å². The van der Waals surface area contributed by atoms with Crippen molar-refractivity contribution in [3.63, 3.8) is 0 Å². The molecule has 0 amide bonds. The minimum absolute atomic E-state index is 0.270. The summed E-state index contributed by atoms with van der Waals surface area (Å²) in [5, 5.41) is 12.0. The molecule has 0 aliphatic carbocycles. The van der Waals surface area contributed by atoms with Gasteiger partial charge >= 0.3 is 5.97 Å². The molecule has 0 bridgehead atoms. The summed E-state index contributed by atoms with van der Waals surface area (Å²) >= 11 is 0. The summed E-state index contributed by atoms with van der Waals surface area (Å²) in [7, 11) is 0. The van der Waals surface area contributed by atoms with Crippen molar-refractivity contribution in [2.24, 2.45) is 0 Å². The van der Waals surface area contributed by atoms with Gasteiger partial charge in [0, 0.05) is 6.54 Å². The van der Waals surface area contributed by atoms with E-state index in [2.05, 4.69) is 25.3 Å². The van der Waals surface area contributed by atoms with Crippen molar-refractivity contribution < 1.29 is 9.90 Å². The molecule has 0 atom stereocenters. The number of nitrogens with zero attached hydrogens (tertiary/aromatic N) is 3. The molecule has 0 spiro atoms. The Morgan fingerprint density at radius 1 is 1.20 bits per heavy atom. The van der Waals surface area contributed by atoms with Crippen LogP contribution in [0.5, 0.6) is 0 Å². The number of carboxylic acids is 1. The van der Waals surface area contributed by atoms with E-state index >= 15 is 0 Å². The van der Waals surface area contributed by atoms with Gasteiger partial charge in [-0.05, 0) is 17.7 Å². The average molecular weight is 269 g/mol. The summed E-state index contributed by atoms with van der Waals surface area (Å²) in [5.74, 6) is -0.269. The van der Waals surface area contributed by atoms with Crippen molar-refractivity contribution >= 4 is 23.0 Å². The van der Waals surface area contributed by atoms with Crippen LogP contribution in [-0.4, -0.2) is 31.0 Å². The number of carbonyl (C=O) groups is 1. The highest BCUT2D eigenvalue weighted by Crippen LogP contribution is 2.15. The summed E-state index contributed by atoms with van der Waals surface area (Å²) in [6, 6.07) is 6.68. The largest absolute Gasteiger partial charge is 0.478 e. The monoisotopic (exact) mass is 269 g/mol. The van der Waals surface area contributed by atoms with E-state index in [0.29, 0.717) is 18.0 Å². The molecule has 3 N–H and O–H groups in total. The first-order valence-corrected chi connectivity index (χ1v) is 5.94. The third-order valence-electron chi connectivity index (χ3n) is 2.88. The van der Waals surface area contributed by atoms with Crippen LogP contribution in [0.25, 0.3) is 11.2 Å². The second kappa shape index (κ2) is 4.96. The highest BCUT2D eigenvalue weighted by Gasteiger charge is 2.06. The summed E-state index contributed by atoms with van der Waals surface area (Å²) in [4.78, 5) is 26.0. The minimum Gasteiger partial charge on any atom is -0.478 e. The number of rotatable bonds is 4. The molecule has 0 aliphatic rings. The molecular formula is C13H11N5O2. The lowest BCUT2D eigenvalue weighted by Gasteiger charge is -2.06. The predicted octanol–water partition coefficient (Wildman–Crippen LogP) is 1.66. The maximum Gasteiger partial charge on any atom is 0.335 e. The van der Waals surface area contributed by atoms with Gasteiger partial charge in [0.05, 0.1) is 11.9 Å². The lowest BCUT2D eigenvalue weighted by molar-refractivity contribution is 0.0697. The number of aromatic amines is 1. The number of imidazole rings is 1. The van der Waals surface area contributed by atoms with E-state index in [-0.39, 0.29) is 5.56 Å². The van der Waals surface area contributed by atoms with Crippen LogP contribution in [0.2, 0.25) is 0 Å². The molecule has 7 heteroatoms. The molecule has 0 fully saturated rings. The van der Waals surface area contributed by atoms with E-state index in [1.54, 1.807) is 30.6 Å². The Labute approximate surface area is 113 Å². The summed E-state index contributed by atoms with van der Waals surface area (Å²) < 4.78 is 0. The summed E-state index contributed by atoms with van der Waals surface area (Å²) in [6.45, 7) is 0.533. The maximum absolute atomic E-state index is 10.8. The Morgan fingerprint density at radius 2 is 2.00 bits per heavy atom. The van der Waals surface area contributed by atoms with Crippen LogP contribution in [0.15, 0.2) is 36.9 Å². The molecule has 7 nitrogen and oxygen atoms in total. The number of benzene rings is 1. The van der Waals surface area contributed by atoms with Crippen molar-refractivity contribution in [2.75, 3.05) is 5.32 Å². The number of hydrogen-bond donors (Lipinski definition) is 3. The first-order valence-electron chi connectivity index (χ1n) is 5.94. The second-order valence-electron chi connectivity index (χ2n) is 4.18. The number of hydrogen-bond acceptors (Lipinski definition) is 5. The fourth-order valence-electron chi connectivity index (χ4n) is 1.85. The summed E-state index contributed by atoms with van der Waals surface area (Å²) in [6.07, 6.45) is 3.01. The number of nitrogens with one attached hydrogen (secondary N) is 2. The van der Waals surface area contributed by atoms with Crippen LogP contribution >= 0.6 is 0 Å². The Hall–Kier alpha value is -2.96. The first-order chi connectivity index (χ1) is 9.74. The van der Waals surface area contributed by atoms with Crippen LogP contribution in [0.1, 0.15) is 15.9 Å². The van der Waals surface area contributed by atoms with Crippen molar-refractivity contribution in [3.05, 3.63) is 48.0 Å². The number of carboxylic acid groups (broad SMARTS) is 1. The van der Waals surface area contributed by atoms with E-state index in [1.807, 2.05) is 0 Å². The van der Waals surface area contributed by atoms with E-state index in [9.17, 15) is 4.79 Å². The van der Waals surface area contributed by atoms with Gasteiger partial charge in [-0.1, -0.05) is 12.1 Å². The van der Waals surface area contributed by atoms with Gasteiger partial charge in [0.25, 0.3) is 0 Å². The molecule has 0 aliphatic heterocycles. The Kier molecular flexibility index (Phi) is 3.00. The molecule has 0 saturated carbocycles. The predicted molar refractivity (Wildman–Crippen MR) is 72.4 cm³/mol. The zero-order valence-corrected chi connectivity index (χ0v) is 10.4. The number of fused-ring (bicyclic) bond motifs is 1. The van der Waals surface area contributed by atoms with Crippen LogP contribution in [-0.2, 0) is 6.54 Å². The van der Waals surface area contributed by atoms with E-state index < -0.39 is 5.97 Å². The highest BCUT2D eigenvalue weighted by atomic mass is 16.4. The lowest BCUT2D eigenvalue weighted by atomic mass is 10.1. The van der Waals surface area contributed by atoms with Crippen molar-refractivity contribution in [1.82, 2.24) is 19.9 Å². The van der Waals surface area contributed by atoms with Gasteiger partial charge in [-0.25, -0.2) is 19.7 Å². The number of aromatic carboxylic acids is 1. The van der Waals surface area contributed by atoms with Gasteiger partial charge < -0.3 is 15.4 Å². The quantitative estimate of drug-likeness (QED) is 0.665. The fourth-order valence-corrected chi connectivity index (χ4v) is 1.85. The fraction of sp³-hybridized carbons (Fsp3) is 0.0769. The van der Waals surface area contributed by atoms with Gasteiger partial charge in [-0.15, -0.1) is 0 Å². The van der Waals surface area contributed by atoms with Gasteiger partial charge in [-0.3, -0.25) is 0 Å². The smallest absolute Gasteiger partial charge is 0.335 e. The molecule has 1 aromatic carbocycles. The Bertz CT molecular complexity index is 751. The molecule has 2 aromatic heterocycles. The van der Waals surface area contributed by atoms with Gasteiger partial charge in [0.2, 0.25) is 0 Å². The molecule has 3 rings (SSSR count). The van der Waals surface area contributed by atoms with Gasteiger partial charge in [-0.2, -0.15) is 0 Å². The number of aromatic nitrogens is 4. The molecule has 0 saturated heterocycles. The molecule has 0 radical (unpaired) electrons. The molecular weight excluding hydrogens is 258 g/mol. The van der Waals surface area contributed by atoms with Crippen LogP contribution < -0.4 is 5.32 Å².